The zero-order valence-electron chi connectivity index (χ0n) is 17.3. The summed E-state index contributed by atoms with van der Waals surface area (Å²) < 4.78 is 50.9. The second-order valence-electron chi connectivity index (χ2n) is 8.22. The number of para-hydroxylation sites is 1. The number of hydrogen-bond donors (Lipinski definition) is 0. The lowest BCUT2D eigenvalue weighted by Gasteiger charge is -2.33. The van der Waals surface area contributed by atoms with Crippen molar-refractivity contribution in [1.82, 2.24) is 20.4 Å². The molecule has 2 aliphatic rings. The van der Waals surface area contributed by atoms with Crippen LogP contribution in [-0.4, -0.2) is 39.6 Å². The predicted octanol–water partition coefficient (Wildman–Crippen LogP) is 4.55. The highest BCUT2D eigenvalue weighted by molar-refractivity contribution is 5.49. The number of halogens is 3. The fourth-order valence-electron chi connectivity index (χ4n) is 3.80. The average Bonchev–Trinajstić information content (AvgIpc) is 3.48. The first-order valence-corrected chi connectivity index (χ1v) is 10.7. The van der Waals surface area contributed by atoms with Crippen LogP contribution >= 0.6 is 0 Å². The van der Waals surface area contributed by atoms with Gasteiger partial charge >= 0.3 is 6.18 Å². The Morgan fingerprint density at radius 2 is 1.72 bits per heavy atom. The minimum atomic E-state index is -4.44. The van der Waals surface area contributed by atoms with Gasteiger partial charge in [-0.05, 0) is 43.0 Å². The lowest BCUT2D eigenvalue weighted by Crippen LogP contribution is -2.39. The van der Waals surface area contributed by atoms with E-state index in [1.165, 1.54) is 25.0 Å². The molecule has 1 aliphatic heterocycles. The molecule has 0 spiro atoms. The quantitative estimate of drug-likeness (QED) is 0.551. The van der Waals surface area contributed by atoms with E-state index in [0.717, 1.165) is 12.5 Å². The molecular weight excluding hydrogens is 423 g/mol. The fraction of sp³-hybridized carbons (Fsp3) is 0.455. The van der Waals surface area contributed by atoms with Gasteiger partial charge in [0.15, 0.2) is 5.82 Å². The smallest absolute Gasteiger partial charge is 0.419 e. The molecule has 10 heteroatoms. The van der Waals surface area contributed by atoms with Crippen molar-refractivity contribution in [2.24, 2.45) is 5.92 Å². The van der Waals surface area contributed by atoms with E-state index in [9.17, 15) is 13.2 Å². The Hall–Kier alpha value is -3.17. The van der Waals surface area contributed by atoms with Crippen molar-refractivity contribution in [2.75, 3.05) is 18.0 Å². The van der Waals surface area contributed by atoms with Crippen molar-refractivity contribution >= 4 is 5.82 Å². The van der Waals surface area contributed by atoms with Gasteiger partial charge in [-0.3, -0.25) is 0 Å². The summed E-state index contributed by atoms with van der Waals surface area (Å²) in [5.74, 6) is 2.21. The fourth-order valence-corrected chi connectivity index (χ4v) is 3.80. The van der Waals surface area contributed by atoms with Crippen molar-refractivity contribution < 1.29 is 22.3 Å². The van der Waals surface area contributed by atoms with Gasteiger partial charge in [-0.2, -0.15) is 13.2 Å². The molecule has 168 valence electrons. The number of rotatable bonds is 6. The highest BCUT2D eigenvalue weighted by Crippen LogP contribution is 2.37. The first-order valence-electron chi connectivity index (χ1n) is 10.7. The first-order chi connectivity index (χ1) is 15.5. The lowest BCUT2D eigenvalue weighted by atomic mass is 10.1. The molecule has 2 fully saturated rings. The number of benzene rings is 1. The molecular formula is C22H22F3N5O2. The third-order valence-corrected chi connectivity index (χ3v) is 5.75. The van der Waals surface area contributed by atoms with Crippen molar-refractivity contribution in [3.63, 3.8) is 0 Å². The summed E-state index contributed by atoms with van der Waals surface area (Å²) in [6.07, 6.45) is -0.321. The number of alkyl halides is 3. The molecule has 32 heavy (non-hydrogen) atoms. The highest BCUT2D eigenvalue weighted by atomic mass is 19.4. The van der Waals surface area contributed by atoms with E-state index in [-0.39, 0.29) is 11.9 Å². The number of piperidine rings is 1. The van der Waals surface area contributed by atoms with Crippen molar-refractivity contribution in [1.29, 1.82) is 0 Å². The maximum Gasteiger partial charge on any atom is 0.419 e. The Bertz CT molecular complexity index is 1060. The van der Waals surface area contributed by atoms with Crippen molar-refractivity contribution in [3.05, 3.63) is 47.9 Å². The Balaban J connectivity index is 1.18. The highest BCUT2D eigenvalue weighted by Gasteiger charge is 2.35. The average molecular weight is 445 g/mol. The van der Waals surface area contributed by atoms with Gasteiger partial charge in [0.1, 0.15) is 17.5 Å². The van der Waals surface area contributed by atoms with Crippen LogP contribution < -0.4 is 9.64 Å². The Morgan fingerprint density at radius 3 is 2.41 bits per heavy atom. The van der Waals surface area contributed by atoms with Crippen molar-refractivity contribution in [2.45, 2.75) is 44.4 Å². The normalized spacial score (nSPS) is 17.5. The van der Waals surface area contributed by atoms with E-state index in [2.05, 4.69) is 20.4 Å². The predicted molar refractivity (Wildman–Crippen MR) is 109 cm³/mol. The maximum absolute atomic E-state index is 13.2. The van der Waals surface area contributed by atoms with E-state index in [1.807, 2.05) is 11.0 Å². The van der Waals surface area contributed by atoms with Gasteiger partial charge in [0.25, 0.3) is 5.89 Å². The minimum Gasteiger partial charge on any atom is -0.490 e. The van der Waals surface area contributed by atoms with Crippen LogP contribution in [0.25, 0.3) is 11.6 Å². The summed E-state index contributed by atoms with van der Waals surface area (Å²) in [5, 5.41) is 16.6. The molecule has 0 N–H and O–H groups in total. The van der Waals surface area contributed by atoms with Gasteiger partial charge < -0.3 is 14.1 Å². The summed E-state index contributed by atoms with van der Waals surface area (Å²) in [6.45, 7) is 1.22. The number of anilines is 1. The zero-order chi connectivity index (χ0) is 22.1. The van der Waals surface area contributed by atoms with Crippen LogP contribution in [-0.2, 0) is 12.6 Å². The Morgan fingerprint density at radius 1 is 0.938 bits per heavy atom. The summed E-state index contributed by atoms with van der Waals surface area (Å²) >= 11 is 0. The van der Waals surface area contributed by atoms with Crippen LogP contribution in [0.15, 0.2) is 40.8 Å². The van der Waals surface area contributed by atoms with Gasteiger partial charge in [0.2, 0.25) is 5.89 Å². The van der Waals surface area contributed by atoms with Crippen LogP contribution in [0.1, 0.15) is 37.1 Å². The Labute approximate surface area is 182 Å². The van der Waals surface area contributed by atoms with Crippen molar-refractivity contribution in [3.8, 4) is 17.3 Å². The van der Waals surface area contributed by atoms with Gasteiger partial charge in [-0.1, -0.05) is 12.1 Å². The molecule has 1 aromatic carbocycles. The second kappa shape index (κ2) is 8.40. The monoisotopic (exact) mass is 445 g/mol. The molecule has 5 rings (SSSR count). The van der Waals surface area contributed by atoms with E-state index in [1.54, 1.807) is 12.1 Å². The zero-order valence-corrected chi connectivity index (χ0v) is 17.3. The summed E-state index contributed by atoms with van der Waals surface area (Å²) in [7, 11) is 0. The first kappa shape index (κ1) is 20.7. The molecule has 0 radical (unpaired) electrons. The third kappa shape index (κ3) is 4.68. The Kier molecular flexibility index (Phi) is 5.44. The lowest BCUT2D eigenvalue weighted by molar-refractivity contribution is -0.139. The van der Waals surface area contributed by atoms with Gasteiger partial charge in [0.05, 0.1) is 5.56 Å². The van der Waals surface area contributed by atoms with E-state index in [4.69, 9.17) is 9.15 Å². The molecule has 0 unspecified atom stereocenters. The molecule has 1 saturated carbocycles. The second-order valence-corrected chi connectivity index (χ2v) is 8.22. The molecule has 1 aliphatic carbocycles. The molecule has 0 atom stereocenters. The maximum atomic E-state index is 13.2. The standard InChI is InChI=1S/C22H22F3N5O2/c23-22(24,25)16-3-1-2-4-18(16)31-15-9-11-30(12-10-15)19-8-7-17(26-27-19)21-29-28-20(32-21)13-14-5-6-14/h1-4,7-8,14-15H,5-6,9-13H2. The molecule has 0 bridgehead atoms. The summed E-state index contributed by atoms with van der Waals surface area (Å²) in [6, 6.07) is 8.96. The molecule has 3 aromatic rings. The van der Waals surface area contributed by atoms with E-state index < -0.39 is 11.7 Å². The minimum absolute atomic E-state index is 0.122. The van der Waals surface area contributed by atoms with Gasteiger partial charge in [0, 0.05) is 32.4 Å². The van der Waals surface area contributed by atoms with Gasteiger partial charge in [-0.25, -0.2) is 0 Å². The van der Waals surface area contributed by atoms with Crippen LogP contribution in [0, 0.1) is 5.92 Å². The van der Waals surface area contributed by atoms with E-state index in [0.29, 0.717) is 55.1 Å². The summed E-state index contributed by atoms with van der Waals surface area (Å²) in [5.41, 5.74) is -0.226. The molecule has 0 amide bonds. The number of aromatic nitrogens is 4. The number of hydrogen-bond acceptors (Lipinski definition) is 7. The van der Waals surface area contributed by atoms with Crippen LogP contribution in [0.2, 0.25) is 0 Å². The summed E-state index contributed by atoms with van der Waals surface area (Å²) in [4.78, 5) is 2.04. The topological polar surface area (TPSA) is 77.2 Å². The van der Waals surface area contributed by atoms with Gasteiger partial charge in [-0.15, -0.1) is 20.4 Å². The number of nitrogens with zero attached hydrogens (tertiary/aromatic N) is 5. The molecule has 1 saturated heterocycles. The SMILES string of the molecule is FC(F)(F)c1ccccc1OC1CCN(c2ccc(-c3nnc(CC4CC4)o3)nn2)CC1. The molecule has 3 heterocycles. The van der Waals surface area contributed by atoms with Crippen LogP contribution in [0.4, 0.5) is 19.0 Å². The number of ether oxygens (including phenoxy) is 1. The largest absolute Gasteiger partial charge is 0.490 e. The molecule has 7 nitrogen and oxygen atoms in total. The molecule has 2 aromatic heterocycles. The van der Waals surface area contributed by atoms with E-state index >= 15 is 0 Å². The van der Waals surface area contributed by atoms with Crippen LogP contribution in [0.5, 0.6) is 5.75 Å². The van der Waals surface area contributed by atoms with Crippen LogP contribution in [0.3, 0.4) is 0 Å². The third-order valence-electron chi connectivity index (χ3n) is 5.75.